The van der Waals surface area contributed by atoms with E-state index in [1.165, 1.54) is 0 Å². The summed E-state index contributed by atoms with van der Waals surface area (Å²) >= 11 is 3.44. The van der Waals surface area contributed by atoms with Gasteiger partial charge >= 0.3 is 0 Å². The average molecular weight is 315 g/mol. The molecule has 1 amide bonds. The highest BCUT2D eigenvalue weighted by Gasteiger charge is 2.23. The number of rotatable bonds is 3. The van der Waals surface area contributed by atoms with Gasteiger partial charge in [0.2, 0.25) is 0 Å². The Morgan fingerprint density at radius 2 is 2.06 bits per heavy atom. The molecule has 0 spiro atoms. The monoisotopic (exact) mass is 314 g/mol. The minimum absolute atomic E-state index is 0.0941. The third-order valence-electron chi connectivity index (χ3n) is 3.28. The zero-order chi connectivity index (χ0) is 13.1. The Balaban J connectivity index is 1.97. The van der Waals surface area contributed by atoms with Crippen molar-refractivity contribution in [2.24, 2.45) is 7.05 Å². The lowest BCUT2D eigenvalue weighted by Gasteiger charge is -2.34. The second-order valence-corrected chi connectivity index (χ2v) is 5.41. The number of aryl methyl sites for hydroxylation is 2. The van der Waals surface area contributed by atoms with E-state index in [9.17, 15) is 4.79 Å². The van der Waals surface area contributed by atoms with Crippen LogP contribution in [0.15, 0.2) is 6.07 Å². The lowest BCUT2D eigenvalue weighted by atomic mass is 10.2. The van der Waals surface area contributed by atoms with E-state index in [1.807, 2.05) is 24.9 Å². The first kappa shape index (κ1) is 13.5. The van der Waals surface area contributed by atoms with E-state index in [2.05, 4.69) is 25.9 Å². The van der Waals surface area contributed by atoms with E-state index in [0.29, 0.717) is 5.69 Å². The van der Waals surface area contributed by atoms with Gasteiger partial charge in [-0.25, -0.2) is 0 Å². The van der Waals surface area contributed by atoms with Crippen LogP contribution >= 0.6 is 15.9 Å². The zero-order valence-electron chi connectivity index (χ0n) is 10.9. The predicted molar refractivity (Wildman–Crippen MR) is 74.1 cm³/mol. The normalized spacial score (nSPS) is 17.2. The first-order valence-corrected chi connectivity index (χ1v) is 7.32. The Labute approximate surface area is 116 Å². The van der Waals surface area contributed by atoms with Crippen LogP contribution in [-0.4, -0.2) is 63.5 Å². The summed E-state index contributed by atoms with van der Waals surface area (Å²) in [6, 6.07) is 1.85. The van der Waals surface area contributed by atoms with E-state index >= 15 is 0 Å². The van der Waals surface area contributed by atoms with Gasteiger partial charge < -0.3 is 4.90 Å². The van der Waals surface area contributed by atoms with Crippen LogP contribution in [0.2, 0.25) is 0 Å². The van der Waals surface area contributed by atoms with E-state index in [1.54, 1.807) is 4.68 Å². The van der Waals surface area contributed by atoms with Crippen LogP contribution in [0.4, 0.5) is 0 Å². The van der Waals surface area contributed by atoms with Gasteiger partial charge in [-0.15, -0.1) is 0 Å². The van der Waals surface area contributed by atoms with Gasteiger partial charge in [-0.3, -0.25) is 14.4 Å². The summed E-state index contributed by atoms with van der Waals surface area (Å²) in [4.78, 5) is 16.6. The molecule has 1 saturated heterocycles. The van der Waals surface area contributed by atoms with Crippen molar-refractivity contribution in [3.63, 3.8) is 0 Å². The lowest BCUT2D eigenvalue weighted by Crippen LogP contribution is -2.49. The first-order valence-electron chi connectivity index (χ1n) is 6.20. The maximum atomic E-state index is 12.3. The van der Waals surface area contributed by atoms with Gasteiger partial charge in [-0.05, 0) is 13.0 Å². The molecule has 0 saturated carbocycles. The number of hydrogen-bond donors (Lipinski definition) is 0. The first-order chi connectivity index (χ1) is 8.61. The van der Waals surface area contributed by atoms with Gasteiger partial charge in [0.25, 0.3) is 5.91 Å². The highest BCUT2D eigenvalue weighted by atomic mass is 79.9. The molecule has 18 heavy (non-hydrogen) atoms. The highest BCUT2D eigenvalue weighted by molar-refractivity contribution is 9.09. The van der Waals surface area contributed by atoms with Crippen molar-refractivity contribution in [1.29, 1.82) is 0 Å². The zero-order valence-corrected chi connectivity index (χ0v) is 12.5. The highest BCUT2D eigenvalue weighted by Crippen LogP contribution is 2.09. The van der Waals surface area contributed by atoms with Crippen molar-refractivity contribution in [2.75, 3.05) is 38.1 Å². The average Bonchev–Trinajstić information content (AvgIpc) is 2.69. The summed E-state index contributed by atoms with van der Waals surface area (Å²) in [5.41, 5.74) is 1.57. The molecule has 0 N–H and O–H groups in total. The van der Waals surface area contributed by atoms with Gasteiger partial charge in [0.1, 0.15) is 5.69 Å². The fourth-order valence-corrected chi connectivity index (χ4v) is 2.77. The Bertz CT molecular complexity index is 424. The second-order valence-electron chi connectivity index (χ2n) is 4.62. The number of carbonyl (C=O) groups excluding carboxylic acids is 1. The van der Waals surface area contributed by atoms with Crippen molar-refractivity contribution in [3.05, 3.63) is 17.5 Å². The summed E-state index contributed by atoms with van der Waals surface area (Å²) in [6.45, 7) is 6.46. The molecule has 0 radical (unpaired) electrons. The van der Waals surface area contributed by atoms with Crippen molar-refractivity contribution in [3.8, 4) is 0 Å². The molecule has 100 valence electrons. The van der Waals surface area contributed by atoms with Crippen LogP contribution in [0.5, 0.6) is 0 Å². The van der Waals surface area contributed by atoms with Crippen molar-refractivity contribution in [1.82, 2.24) is 19.6 Å². The molecule has 2 rings (SSSR count). The molecule has 1 aliphatic heterocycles. The molecule has 0 unspecified atom stereocenters. The van der Waals surface area contributed by atoms with Crippen molar-refractivity contribution < 1.29 is 4.79 Å². The standard InChI is InChI=1S/C12H19BrN4O/c1-10-9-11(15(2)14-10)12(18)17-7-5-16(4-3-13)6-8-17/h9H,3-8H2,1-2H3. The number of halogens is 1. The topological polar surface area (TPSA) is 41.4 Å². The minimum atomic E-state index is 0.0941. The number of nitrogens with zero attached hydrogens (tertiary/aromatic N) is 4. The molecule has 1 fully saturated rings. The van der Waals surface area contributed by atoms with Gasteiger partial charge in [0.15, 0.2) is 0 Å². The van der Waals surface area contributed by atoms with Gasteiger partial charge in [0.05, 0.1) is 5.69 Å². The number of piperazine rings is 1. The fourth-order valence-electron chi connectivity index (χ4n) is 2.27. The largest absolute Gasteiger partial charge is 0.335 e. The molecule has 2 heterocycles. The number of hydrogen-bond acceptors (Lipinski definition) is 3. The molecule has 1 aromatic heterocycles. The number of aromatic nitrogens is 2. The maximum absolute atomic E-state index is 12.3. The van der Waals surface area contributed by atoms with E-state index < -0.39 is 0 Å². The van der Waals surface area contributed by atoms with Gasteiger partial charge in [-0.2, -0.15) is 5.10 Å². The van der Waals surface area contributed by atoms with Gasteiger partial charge in [-0.1, -0.05) is 15.9 Å². The molecule has 5 nitrogen and oxygen atoms in total. The number of alkyl halides is 1. The molecule has 0 aliphatic carbocycles. The second kappa shape index (κ2) is 5.84. The van der Waals surface area contributed by atoms with Crippen LogP contribution in [0, 0.1) is 6.92 Å². The van der Waals surface area contributed by atoms with Crippen LogP contribution < -0.4 is 0 Å². The number of carbonyl (C=O) groups is 1. The van der Waals surface area contributed by atoms with Crippen LogP contribution in [0.25, 0.3) is 0 Å². The Morgan fingerprint density at radius 1 is 1.39 bits per heavy atom. The molecule has 0 atom stereocenters. The maximum Gasteiger partial charge on any atom is 0.272 e. The molecule has 1 aromatic rings. The van der Waals surface area contributed by atoms with Crippen LogP contribution in [0.1, 0.15) is 16.2 Å². The molecular weight excluding hydrogens is 296 g/mol. The van der Waals surface area contributed by atoms with E-state index in [4.69, 9.17) is 0 Å². The summed E-state index contributed by atoms with van der Waals surface area (Å²) in [5.74, 6) is 0.0941. The van der Waals surface area contributed by atoms with E-state index in [-0.39, 0.29) is 5.91 Å². The molecule has 1 aliphatic rings. The summed E-state index contributed by atoms with van der Waals surface area (Å²) in [6.07, 6.45) is 0. The molecular formula is C12H19BrN4O. The van der Waals surface area contributed by atoms with Crippen molar-refractivity contribution >= 4 is 21.8 Å². The van der Waals surface area contributed by atoms with Gasteiger partial charge in [0, 0.05) is 45.1 Å². The minimum Gasteiger partial charge on any atom is -0.335 e. The van der Waals surface area contributed by atoms with Crippen LogP contribution in [-0.2, 0) is 7.05 Å². The summed E-state index contributed by atoms with van der Waals surface area (Å²) < 4.78 is 1.67. The SMILES string of the molecule is Cc1cc(C(=O)N2CCN(CCBr)CC2)n(C)n1. The van der Waals surface area contributed by atoms with Crippen molar-refractivity contribution in [2.45, 2.75) is 6.92 Å². The summed E-state index contributed by atoms with van der Waals surface area (Å²) in [5, 5.41) is 5.21. The third kappa shape index (κ3) is 2.92. The Kier molecular flexibility index (Phi) is 4.40. The van der Waals surface area contributed by atoms with Crippen LogP contribution in [0.3, 0.4) is 0 Å². The smallest absolute Gasteiger partial charge is 0.272 e. The summed E-state index contributed by atoms with van der Waals surface area (Å²) in [7, 11) is 1.82. The quantitative estimate of drug-likeness (QED) is 0.778. The van der Waals surface area contributed by atoms with E-state index in [0.717, 1.165) is 43.7 Å². The molecule has 6 heteroatoms. The molecule has 0 aromatic carbocycles. The lowest BCUT2D eigenvalue weighted by molar-refractivity contribution is 0.0634. The Hall–Kier alpha value is -0.880. The predicted octanol–water partition coefficient (Wildman–Crippen LogP) is 0.881. The number of amides is 1. The molecule has 0 bridgehead atoms. The Morgan fingerprint density at radius 3 is 2.56 bits per heavy atom. The third-order valence-corrected chi connectivity index (χ3v) is 3.64. The fraction of sp³-hybridized carbons (Fsp3) is 0.667.